The van der Waals surface area contributed by atoms with Crippen molar-refractivity contribution in [3.63, 3.8) is 0 Å². The van der Waals surface area contributed by atoms with Crippen molar-refractivity contribution >= 4 is 11.8 Å². The van der Waals surface area contributed by atoms with Gasteiger partial charge in [0.15, 0.2) is 5.78 Å². The Bertz CT molecular complexity index is 1080. The highest BCUT2D eigenvalue weighted by molar-refractivity contribution is 6.09. The molecule has 6 nitrogen and oxygen atoms in total. The average Bonchev–Trinajstić information content (AvgIpc) is 2.81. The molecule has 3 aromatic rings. The monoisotopic (exact) mass is 451 g/mol. The first kappa shape index (κ1) is 23.9. The van der Waals surface area contributed by atoms with Gasteiger partial charge in [-0.15, -0.1) is 0 Å². The quantitative estimate of drug-likeness (QED) is 0.430. The van der Waals surface area contributed by atoms with Crippen LogP contribution in [-0.2, 0) is 4.79 Å². The van der Waals surface area contributed by atoms with Crippen LogP contribution in [0.25, 0.3) is 0 Å². The lowest BCUT2D eigenvalue weighted by molar-refractivity contribution is -0.138. The first-order valence-corrected chi connectivity index (χ1v) is 10.5. The maximum Gasteiger partial charge on any atom is 0.317 e. The number of hydrogen-bond donors (Lipinski definition) is 1. The second-order valence-corrected chi connectivity index (χ2v) is 7.66. The molecule has 0 radical (unpaired) electrons. The van der Waals surface area contributed by atoms with E-state index in [9.17, 15) is 14.0 Å². The molecule has 0 saturated heterocycles. The minimum Gasteiger partial charge on any atom is -0.497 e. The smallest absolute Gasteiger partial charge is 0.317 e. The molecule has 1 unspecified atom stereocenters. The Morgan fingerprint density at radius 3 is 2.30 bits per heavy atom. The molecule has 0 amide bonds. The molecule has 33 heavy (non-hydrogen) atoms. The molecule has 7 heteroatoms. The number of carbonyl (C=O) groups excluding carboxylic acids is 1. The molecule has 0 aliphatic carbocycles. The molecule has 0 aromatic heterocycles. The standard InChI is InChI=1S/C26H26FNO5/c1-28(17-25(29)30)15-14-24(18-6-10-21(27)11-7-18)33-23-5-3-4-20(16-23)26(31)19-8-12-22(32-2)13-9-19/h3-13,16,24H,14-15,17H2,1-2H3,(H,29,30). The number of hydrogen-bond acceptors (Lipinski definition) is 5. The van der Waals surface area contributed by atoms with Crippen LogP contribution in [0.3, 0.4) is 0 Å². The maximum atomic E-state index is 13.4. The van der Waals surface area contributed by atoms with Gasteiger partial charge in [0.05, 0.1) is 13.7 Å². The zero-order valence-corrected chi connectivity index (χ0v) is 18.5. The Hall–Kier alpha value is -3.71. The first-order chi connectivity index (χ1) is 15.9. The van der Waals surface area contributed by atoms with Gasteiger partial charge >= 0.3 is 5.97 Å². The van der Waals surface area contributed by atoms with Gasteiger partial charge in [0.1, 0.15) is 23.4 Å². The van der Waals surface area contributed by atoms with E-state index in [-0.39, 0.29) is 18.1 Å². The van der Waals surface area contributed by atoms with Crippen molar-refractivity contribution in [2.45, 2.75) is 12.5 Å². The summed E-state index contributed by atoms with van der Waals surface area (Å²) in [6, 6.07) is 19.7. The number of methoxy groups -OCH3 is 1. The van der Waals surface area contributed by atoms with Crippen LogP contribution in [0.2, 0.25) is 0 Å². The topological polar surface area (TPSA) is 76.1 Å². The number of ether oxygens (including phenoxy) is 2. The number of likely N-dealkylation sites (N-methyl/N-ethyl adjacent to an activating group) is 1. The van der Waals surface area contributed by atoms with Crippen molar-refractivity contribution in [2.75, 3.05) is 27.2 Å². The van der Waals surface area contributed by atoms with Crippen LogP contribution in [0.4, 0.5) is 4.39 Å². The van der Waals surface area contributed by atoms with Crippen molar-refractivity contribution in [3.8, 4) is 11.5 Å². The number of carboxylic acid groups (broad SMARTS) is 1. The number of ketones is 1. The van der Waals surface area contributed by atoms with E-state index in [0.29, 0.717) is 35.6 Å². The largest absolute Gasteiger partial charge is 0.497 e. The van der Waals surface area contributed by atoms with Gasteiger partial charge in [-0.05, 0) is 61.1 Å². The number of benzene rings is 3. The summed E-state index contributed by atoms with van der Waals surface area (Å²) in [6.45, 7) is 0.362. The zero-order chi connectivity index (χ0) is 23.8. The van der Waals surface area contributed by atoms with Gasteiger partial charge in [-0.3, -0.25) is 14.5 Å². The van der Waals surface area contributed by atoms with Crippen LogP contribution in [0, 0.1) is 5.82 Å². The number of halogens is 1. The summed E-state index contributed by atoms with van der Waals surface area (Å²) < 4.78 is 24.8. The average molecular weight is 451 g/mol. The Balaban J connectivity index is 1.79. The fraction of sp³-hybridized carbons (Fsp3) is 0.231. The van der Waals surface area contributed by atoms with E-state index in [1.54, 1.807) is 79.7 Å². The lowest BCUT2D eigenvalue weighted by Gasteiger charge is -2.23. The van der Waals surface area contributed by atoms with Gasteiger partial charge in [-0.25, -0.2) is 4.39 Å². The molecule has 172 valence electrons. The molecule has 1 N–H and O–H groups in total. The summed E-state index contributed by atoms with van der Waals surface area (Å²) >= 11 is 0. The predicted octanol–water partition coefficient (Wildman–Crippen LogP) is 4.59. The van der Waals surface area contributed by atoms with Gasteiger partial charge < -0.3 is 14.6 Å². The van der Waals surface area contributed by atoms with Gasteiger partial charge in [0.2, 0.25) is 0 Å². The number of rotatable bonds is 11. The highest BCUT2D eigenvalue weighted by Gasteiger charge is 2.17. The van der Waals surface area contributed by atoms with E-state index in [1.165, 1.54) is 12.1 Å². The van der Waals surface area contributed by atoms with Crippen molar-refractivity contribution in [2.24, 2.45) is 0 Å². The highest BCUT2D eigenvalue weighted by Crippen LogP contribution is 2.27. The molecule has 0 spiro atoms. The molecule has 0 fully saturated rings. The molecule has 0 heterocycles. The van der Waals surface area contributed by atoms with Crippen LogP contribution >= 0.6 is 0 Å². The van der Waals surface area contributed by atoms with Crippen molar-refractivity contribution in [1.29, 1.82) is 0 Å². The second kappa shape index (κ2) is 11.2. The molecule has 3 aromatic carbocycles. The van der Waals surface area contributed by atoms with E-state index >= 15 is 0 Å². The zero-order valence-electron chi connectivity index (χ0n) is 18.5. The van der Waals surface area contributed by atoms with Crippen LogP contribution < -0.4 is 9.47 Å². The molecular weight excluding hydrogens is 425 g/mol. The van der Waals surface area contributed by atoms with Crippen LogP contribution in [0.15, 0.2) is 72.8 Å². The third kappa shape index (κ3) is 6.89. The van der Waals surface area contributed by atoms with E-state index in [0.717, 1.165) is 5.56 Å². The molecule has 0 bridgehead atoms. The predicted molar refractivity (Wildman–Crippen MR) is 122 cm³/mol. The number of aliphatic carboxylic acids is 1. The summed E-state index contributed by atoms with van der Waals surface area (Å²) in [6.07, 6.45) is 0.0275. The number of carbonyl (C=O) groups is 2. The maximum absolute atomic E-state index is 13.4. The van der Waals surface area contributed by atoms with Gasteiger partial charge in [-0.1, -0.05) is 24.3 Å². The van der Waals surface area contributed by atoms with Gasteiger partial charge in [0, 0.05) is 24.1 Å². The number of carboxylic acids is 1. The minimum absolute atomic E-state index is 0.0953. The fourth-order valence-electron chi connectivity index (χ4n) is 3.40. The van der Waals surface area contributed by atoms with Crippen LogP contribution in [0.1, 0.15) is 34.0 Å². The van der Waals surface area contributed by atoms with E-state index < -0.39 is 12.1 Å². The van der Waals surface area contributed by atoms with Gasteiger partial charge in [-0.2, -0.15) is 0 Å². The Labute approximate surface area is 192 Å². The van der Waals surface area contributed by atoms with Crippen LogP contribution in [0.5, 0.6) is 11.5 Å². The Morgan fingerprint density at radius 2 is 1.67 bits per heavy atom. The molecule has 1 atom stereocenters. The van der Waals surface area contributed by atoms with Crippen molar-refractivity contribution < 1.29 is 28.6 Å². The fourth-order valence-corrected chi connectivity index (χ4v) is 3.40. The number of nitrogens with zero attached hydrogens (tertiary/aromatic N) is 1. The van der Waals surface area contributed by atoms with E-state index in [4.69, 9.17) is 14.6 Å². The third-order valence-corrected chi connectivity index (χ3v) is 5.15. The lowest BCUT2D eigenvalue weighted by atomic mass is 10.0. The SMILES string of the molecule is COc1ccc(C(=O)c2cccc(OC(CCN(C)CC(=O)O)c3ccc(F)cc3)c2)cc1. The first-order valence-electron chi connectivity index (χ1n) is 10.5. The molecule has 0 saturated carbocycles. The molecular formula is C26H26FNO5. The lowest BCUT2D eigenvalue weighted by Crippen LogP contribution is -2.28. The molecule has 3 rings (SSSR count). The summed E-state index contributed by atoms with van der Waals surface area (Å²) in [5.41, 5.74) is 1.75. The molecule has 0 aliphatic heterocycles. The Morgan fingerprint density at radius 1 is 0.970 bits per heavy atom. The van der Waals surface area contributed by atoms with E-state index in [1.807, 2.05) is 0 Å². The molecule has 0 aliphatic rings. The summed E-state index contributed by atoms with van der Waals surface area (Å²) in [7, 11) is 3.28. The van der Waals surface area contributed by atoms with Crippen LogP contribution in [-0.4, -0.2) is 49.0 Å². The minimum atomic E-state index is -0.915. The van der Waals surface area contributed by atoms with Crippen molar-refractivity contribution in [1.82, 2.24) is 4.90 Å². The van der Waals surface area contributed by atoms with Gasteiger partial charge in [0.25, 0.3) is 0 Å². The van der Waals surface area contributed by atoms with Crippen molar-refractivity contribution in [3.05, 3.63) is 95.3 Å². The Kier molecular flexibility index (Phi) is 8.16. The second-order valence-electron chi connectivity index (χ2n) is 7.66. The summed E-state index contributed by atoms with van der Waals surface area (Å²) in [5, 5.41) is 8.98. The summed E-state index contributed by atoms with van der Waals surface area (Å²) in [4.78, 5) is 25.5. The summed E-state index contributed by atoms with van der Waals surface area (Å²) in [5.74, 6) is -0.264. The third-order valence-electron chi connectivity index (χ3n) is 5.15. The highest BCUT2D eigenvalue weighted by atomic mass is 19.1. The normalized spacial score (nSPS) is 11.8. The van der Waals surface area contributed by atoms with E-state index in [2.05, 4.69) is 0 Å².